The Morgan fingerprint density at radius 3 is 1.33 bits per heavy atom. The van der Waals surface area contributed by atoms with E-state index in [0.29, 0.717) is 21.7 Å². The molecule has 0 amide bonds. The SMILES string of the molecule is CCOC.Cc1cc(OS(=O)(=O)C(F)(F)F)c2ccccc2c1.O=S(=O)(Oc1cc(O)cc2ccccc12)C(F)(F)F.Oc1cc(O)c2ccccc2c1. The van der Waals surface area contributed by atoms with E-state index in [1.54, 1.807) is 50.4 Å². The Balaban J connectivity index is 0.000000212. The number of aromatic hydroxyl groups is 3. The first-order chi connectivity index (χ1) is 25.1. The van der Waals surface area contributed by atoms with Crippen molar-refractivity contribution in [2.45, 2.75) is 24.9 Å². The van der Waals surface area contributed by atoms with E-state index < -0.39 is 42.8 Å². The predicted molar refractivity (Wildman–Crippen MR) is 190 cm³/mol. The Labute approximate surface area is 305 Å². The lowest BCUT2D eigenvalue weighted by Gasteiger charge is -2.12. The Kier molecular flexibility index (Phi) is 14.0. The van der Waals surface area contributed by atoms with E-state index >= 15 is 0 Å². The lowest BCUT2D eigenvalue weighted by Crippen LogP contribution is -2.28. The summed E-state index contributed by atoms with van der Waals surface area (Å²) in [7, 11) is -9.75. The fraction of sp³-hybridized carbons (Fsp3) is 0.167. The van der Waals surface area contributed by atoms with Crippen molar-refractivity contribution in [2.75, 3.05) is 13.7 Å². The van der Waals surface area contributed by atoms with Gasteiger partial charge in [0, 0.05) is 42.0 Å². The second kappa shape index (κ2) is 17.6. The zero-order valence-electron chi connectivity index (χ0n) is 28.4. The molecule has 0 atom stereocenters. The first kappa shape index (κ1) is 42.9. The average Bonchev–Trinajstić information content (AvgIpc) is 3.07. The normalized spacial score (nSPS) is 11.7. The van der Waals surface area contributed by atoms with Crippen LogP contribution in [0.25, 0.3) is 32.3 Å². The number of hydrogen-bond donors (Lipinski definition) is 3. The summed E-state index contributed by atoms with van der Waals surface area (Å²) >= 11 is 0. The van der Waals surface area contributed by atoms with Crippen molar-refractivity contribution in [1.29, 1.82) is 0 Å². The minimum Gasteiger partial charge on any atom is -0.508 e. The van der Waals surface area contributed by atoms with Gasteiger partial charge in [-0.25, -0.2) is 0 Å². The van der Waals surface area contributed by atoms with Crippen molar-refractivity contribution in [1.82, 2.24) is 0 Å². The fourth-order valence-electron chi connectivity index (χ4n) is 4.42. The number of benzene rings is 6. The summed E-state index contributed by atoms with van der Waals surface area (Å²) in [6.45, 7) is 4.42. The van der Waals surface area contributed by atoms with E-state index in [1.807, 2.05) is 31.2 Å². The first-order valence-electron chi connectivity index (χ1n) is 15.2. The molecule has 54 heavy (non-hydrogen) atoms. The lowest BCUT2D eigenvalue weighted by atomic mass is 10.1. The Morgan fingerprint density at radius 2 is 0.907 bits per heavy atom. The smallest absolute Gasteiger partial charge is 0.508 e. The molecule has 6 aromatic carbocycles. The van der Waals surface area contributed by atoms with Gasteiger partial charge in [-0.05, 0) is 53.8 Å². The van der Waals surface area contributed by atoms with E-state index in [9.17, 15) is 53.4 Å². The van der Waals surface area contributed by atoms with E-state index in [0.717, 1.165) is 23.4 Å². The van der Waals surface area contributed by atoms with Crippen LogP contribution in [0.5, 0.6) is 28.7 Å². The number of hydrogen-bond acceptors (Lipinski definition) is 10. The van der Waals surface area contributed by atoms with Crippen molar-refractivity contribution in [3.63, 3.8) is 0 Å². The van der Waals surface area contributed by atoms with Crippen molar-refractivity contribution in [2.24, 2.45) is 0 Å². The third kappa shape index (κ3) is 11.3. The van der Waals surface area contributed by atoms with E-state index in [2.05, 4.69) is 13.1 Å². The first-order valence-corrected chi connectivity index (χ1v) is 18.0. The van der Waals surface area contributed by atoms with E-state index in [4.69, 9.17) is 5.11 Å². The summed E-state index contributed by atoms with van der Waals surface area (Å²) in [5.41, 5.74) is -10.4. The molecule has 0 bridgehead atoms. The number of phenolic OH excluding ortho intramolecular Hbond substituents is 3. The van der Waals surface area contributed by atoms with Gasteiger partial charge in [0.1, 0.15) is 17.2 Å². The van der Waals surface area contributed by atoms with Crippen LogP contribution < -0.4 is 8.37 Å². The average molecular weight is 803 g/mol. The molecule has 10 nitrogen and oxygen atoms in total. The summed E-state index contributed by atoms with van der Waals surface area (Å²) in [5, 5.41) is 30.9. The van der Waals surface area contributed by atoms with Gasteiger partial charge >= 0.3 is 31.3 Å². The molecule has 0 unspecified atom stereocenters. The molecule has 0 heterocycles. The zero-order valence-corrected chi connectivity index (χ0v) is 30.0. The molecule has 0 saturated carbocycles. The van der Waals surface area contributed by atoms with Crippen LogP contribution in [0.3, 0.4) is 0 Å². The maximum atomic E-state index is 12.3. The standard InChI is InChI=1S/C12H9F3O3S.C11H7F3O4S.C10H8O2.C3H8O/c1-8-6-9-4-2-3-5-10(9)11(7-8)18-19(16,17)12(13,14)15;12-11(13,14)19(16,17)18-10-6-8(15)5-7-3-1-2-4-9(7)10;11-8-5-7-3-1-2-4-9(7)10(12)6-8;1-3-4-2/h2-7H,1H3;1-6,15H;1-6,11-12H;3H2,1-2H3. The van der Waals surface area contributed by atoms with Crippen LogP contribution in [-0.2, 0) is 25.0 Å². The molecule has 0 aliphatic carbocycles. The maximum Gasteiger partial charge on any atom is 0.534 e. The van der Waals surface area contributed by atoms with Gasteiger partial charge in [-0.1, -0.05) is 78.9 Å². The molecule has 6 aromatic rings. The van der Waals surface area contributed by atoms with Crippen molar-refractivity contribution in [3.8, 4) is 28.7 Å². The topological polar surface area (TPSA) is 157 Å². The van der Waals surface area contributed by atoms with Gasteiger partial charge in [0.05, 0.1) is 0 Å². The molecule has 290 valence electrons. The third-order valence-corrected chi connectivity index (χ3v) is 8.79. The number of halogens is 6. The Bertz CT molecular complexity index is 2300. The molecule has 3 N–H and O–H groups in total. The number of alkyl halides is 6. The van der Waals surface area contributed by atoms with E-state index in [1.165, 1.54) is 42.5 Å². The number of rotatable bonds is 5. The number of aryl methyl sites for hydroxylation is 1. The van der Waals surface area contributed by atoms with Gasteiger partial charge in [0.25, 0.3) is 0 Å². The number of fused-ring (bicyclic) bond motifs is 3. The molecule has 0 aromatic heterocycles. The molecule has 6 rings (SSSR count). The molecular weight excluding hydrogens is 771 g/mol. The molecule has 0 aliphatic heterocycles. The number of phenols is 3. The highest BCUT2D eigenvalue weighted by Crippen LogP contribution is 2.35. The second-order valence-corrected chi connectivity index (χ2v) is 14.0. The summed E-state index contributed by atoms with van der Waals surface area (Å²) in [4.78, 5) is 0. The highest BCUT2D eigenvalue weighted by Gasteiger charge is 2.49. The van der Waals surface area contributed by atoms with Gasteiger partial charge in [-0.15, -0.1) is 0 Å². The van der Waals surface area contributed by atoms with Crippen LogP contribution in [-0.4, -0.2) is 56.9 Å². The summed E-state index contributed by atoms with van der Waals surface area (Å²) < 4.78 is 130. The van der Waals surface area contributed by atoms with Crippen LogP contribution in [0.15, 0.2) is 109 Å². The minimum absolute atomic E-state index is 0.0891. The van der Waals surface area contributed by atoms with Crippen molar-refractivity contribution in [3.05, 3.63) is 115 Å². The molecule has 0 fully saturated rings. The van der Waals surface area contributed by atoms with Gasteiger partial charge in [0.15, 0.2) is 11.5 Å². The molecule has 0 saturated heterocycles. The second-order valence-electron chi connectivity index (χ2n) is 10.9. The Hall–Kier alpha value is -5.46. The van der Waals surface area contributed by atoms with Crippen molar-refractivity contribution >= 4 is 52.6 Å². The number of methoxy groups -OCH3 is 1. The van der Waals surface area contributed by atoms with Gasteiger partial charge in [-0.3, -0.25) is 0 Å². The lowest BCUT2D eigenvalue weighted by molar-refractivity contribution is -0.0504. The van der Waals surface area contributed by atoms with Gasteiger partial charge < -0.3 is 28.4 Å². The molecular formula is C36H32F6O10S2. The third-order valence-electron chi connectivity index (χ3n) is 6.86. The van der Waals surface area contributed by atoms with E-state index in [-0.39, 0.29) is 22.6 Å². The largest absolute Gasteiger partial charge is 0.534 e. The van der Waals surface area contributed by atoms with Crippen LogP contribution in [0.2, 0.25) is 0 Å². The van der Waals surface area contributed by atoms with Crippen LogP contribution in [0, 0.1) is 6.92 Å². The number of ether oxygens (including phenoxy) is 1. The quantitative estimate of drug-likeness (QED) is 0.0873. The summed E-state index contributed by atoms with van der Waals surface area (Å²) in [6.07, 6.45) is 0. The maximum absolute atomic E-state index is 12.3. The highest BCUT2D eigenvalue weighted by atomic mass is 32.2. The van der Waals surface area contributed by atoms with Gasteiger partial charge in [-0.2, -0.15) is 43.2 Å². The van der Waals surface area contributed by atoms with Crippen LogP contribution >= 0.6 is 0 Å². The molecule has 0 spiro atoms. The summed E-state index contributed by atoms with van der Waals surface area (Å²) in [6, 6.07) is 27.8. The fourth-order valence-corrected chi connectivity index (χ4v) is 5.36. The molecule has 18 heteroatoms. The van der Waals surface area contributed by atoms with Crippen LogP contribution in [0.4, 0.5) is 26.3 Å². The van der Waals surface area contributed by atoms with Crippen LogP contribution in [0.1, 0.15) is 12.5 Å². The molecule has 0 radical (unpaired) electrons. The minimum atomic E-state index is -5.77. The highest BCUT2D eigenvalue weighted by molar-refractivity contribution is 7.88. The predicted octanol–water partition coefficient (Wildman–Crippen LogP) is 9.05. The van der Waals surface area contributed by atoms with Crippen molar-refractivity contribution < 1.29 is 71.6 Å². The zero-order chi connectivity index (χ0) is 40.5. The Morgan fingerprint density at radius 1 is 0.556 bits per heavy atom. The van der Waals surface area contributed by atoms with Gasteiger partial charge in [0.2, 0.25) is 0 Å². The molecule has 0 aliphatic rings. The monoisotopic (exact) mass is 802 g/mol. The summed E-state index contributed by atoms with van der Waals surface area (Å²) in [5.74, 6) is -1.09.